The lowest BCUT2D eigenvalue weighted by atomic mass is 9.95. The molecule has 102 valence electrons. The Hall–Kier alpha value is -1.02. The van der Waals surface area contributed by atoms with Crippen LogP contribution in [0.25, 0.3) is 0 Å². The highest BCUT2D eigenvalue weighted by Crippen LogP contribution is 2.16. The van der Waals surface area contributed by atoms with Gasteiger partial charge in [-0.2, -0.15) is 0 Å². The number of hydrogen-bond acceptors (Lipinski definition) is 2. The largest absolute Gasteiger partial charge is 0.508 e. The van der Waals surface area contributed by atoms with Crippen LogP contribution in [0, 0.1) is 11.8 Å². The standard InChI is InChI=1S/C16H27NO/c1-4-5-15(12-17-11-13(2)3)10-14-6-8-16(18)9-7-14/h6-9,13,15,17-18H,4-5,10-12H2,1-3H3. The molecule has 2 nitrogen and oxygen atoms in total. The van der Waals surface area contributed by atoms with E-state index in [0.29, 0.717) is 17.6 Å². The molecule has 18 heavy (non-hydrogen) atoms. The Labute approximate surface area is 111 Å². The van der Waals surface area contributed by atoms with Crippen LogP contribution in [-0.2, 0) is 6.42 Å². The number of nitrogens with one attached hydrogen (secondary N) is 1. The van der Waals surface area contributed by atoms with Gasteiger partial charge in [0, 0.05) is 0 Å². The minimum Gasteiger partial charge on any atom is -0.508 e. The SMILES string of the molecule is CCCC(CNCC(C)C)Cc1ccc(O)cc1. The Morgan fingerprint density at radius 3 is 2.33 bits per heavy atom. The summed E-state index contributed by atoms with van der Waals surface area (Å²) in [6.45, 7) is 8.90. The molecular formula is C16H27NO. The first-order valence-electron chi connectivity index (χ1n) is 7.10. The van der Waals surface area contributed by atoms with E-state index >= 15 is 0 Å². The molecule has 2 heteroatoms. The summed E-state index contributed by atoms with van der Waals surface area (Å²) in [6, 6.07) is 7.61. The number of benzene rings is 1. The van der Waals surface area contributed by atoms with Crippen molar-refractivity contribution in [1.82, 2.24) is 5.32 Å². The second-order valence-corrected chi connectivity index (χ2v) is 5.58. The summed E-state index contributed by atoms with van der Waals surface area (Å²) >= 11 is 0. The maximum Gasteiger partial charge on any atom is 0.115 e. The van der Waals surface area contributed by atoms with Gasteiger partial charge in [0.1, 0.15) is 5.75 Å². The highest BCUT2D eigenvalue weighted by molar-refractivity contribution is 5.26. The lowest BCUT2D eigenvalue weighted by Crippen LogP contribution is -2.27. The third-order valence-corrected chi connectivity index (χ3v) is 3.14. The molecule has 0 fully saturated rings. The molecule has 0 radical (unpaired) electrons. The summed E-state index contributed by atoms with van der Waals surface area (Å²) in [4.78, 5) is 0. The van der Waals surface area contributed by atoms with Gasteiger partial charge < -0.3 is 10.4 Å². The van der Waals surface area contributed by atoms with Crippen LogP contribution >= 0.6 is 0 Å². The maximum absolute atomic E-state index is 9.28. The molecule has 0 bridgehead atoms. The van der Waals surface area contributed by atoms with Crippen LogP contribution in [0.2, 0.25) is 0 Å². The van der Waals surface area contributed by atoms with Gasteiger partial charge in [0.25, 0.3) is 0 Å². The van der Waals surface area contributed by atoms with E-state index in [1.54, 1.807) is 12.1 Å². The number of rotatable bonds is 8. The van der Waals surface area contributed by atoms with Crippen LogP contribution in [0.15, 0.2) is 24.3 Å². The average Bonchev–Trinajstić information content (AvgIpc) is 2.32. The fourth-order valence-corrected chi connectivity index (χ4v) is 2.23. The Morgan fingerprint density at radius 2 is 1.78 bits per heavy atom. The second kappa shape index (κ2) is 8.15. The van der Waals surface area contributed by atoms with Crippen molar-refractivity contribution in [3.05, 3.63) is 29.8 Å². The van der Waals surface area contributed by atoms with Crippen LogP contribution in [0.5, 0.6) is 5.75 Å². The first-order valence-corrected chi connectivity index (χ1v) is 7.10. The van der Waals surface area contributed by atoms with Crippen LogP contribution in [0.1, 0.15) is 39.2 Å². The fraction of sp³-hybridized carbons (Fsp3) is 0.625. The van der Waals surface area contributed by atoms with Crippen molar-refractivity contribution >= 4 is 0 Å². The number of phenols is 1. The van der Waals surface area contributed by atoms with Gasteiger partial charge in [-0.15, -0.1) is 0 Å². The van der Waals surface area contributed by atoms with Crippen LogP contribution in [0.3, 0.4) is 0 Å². The quantitative estimate of drug-likeness (QED) is 0.738. The fourth-order valence-electron chi connectivity index (χ4n) is 2.23. The summed E-state index contributed by atoms with van der Waals surface area (Å²) < 4.78 is 0. The van der Waals surface area contributed by atoms with Crippen LogP contribution in [-0.4, -0.2) is 18.2 Å². The van der Waals surface area contributed by atoms with Crippen molar-refractivity contribution in [2.75, 3.05) is 13.1 Å². The van der Waals surface area contributed by atoms with Crippen molar-refractivity contribution in [2.24, 2.45) is 11.8 Å². The lowest BCUT2D eigenvalue weighted by molar-refractivity contribution is 0.420. The third-order valence-electron chi connectivity index (χ3n) is 3.14. The Bertz CT molecular complexity index is 318. The molecule has 0 saturated carbocycles. The molecule has 0 amide bonds. The van der Waals surface area contributed by atoms with Crippen molar-refractivity contribution in [2.45, 2.75) is 40.0 Å². The zero-order valence-corrected chi connectivity index (χ0v) is 11.9. The minimum atomic E-state index is 0.351. The molecule has 1 rings (SSSR count). The molecule has 0 aliphatic rings. The summed E-state index contributed by atoms with van der Waals surface area (Å²) in [7, 11) is 0. The highest BCUT2D eigenvalue weighted by atomic mass is 16.3. The normalized spacial score (nSPS) is 12.9. The first kappa shape index (κ1) is 15.0. The summed E-state index contributed by atoms with van der Waals surface area (Å²) in [6.07, 6.45) is 3.58. The van der Waals surface area contributed by atoms with Crippen LogP contribution in [0.4, 0.5) is 0 Å². The van der Waals surface area contributed by atoms with E-state index in [1.807, 2.05) is 12.1 Å². The van der Waals surface area contributed by atoms with Gasteiger partial charge >= 0.3 is 0 Å². The molecule has 0 spiro atoms. The van der Waals surface area contributed by atoms with Crippen molar-refractivity contribution in [1.29, 1.82) is 0 Å². The number of aromatic hydroxyl groups is 1. The molecule has 0 heterocycles. The van der Waals surface area contributed by atoms with Gasteiger partial charge in [-0.3, -0.25) is 0 Å². The smallest absolute Gasteiger partial charge is 0.115 e. The van der Waals surface area contributed by atoms with Gasteiger partial charge in [-0.25, -0.2) is 0 Å². The number of phenolic OH excluding ortho intramolecular Hbond substituents is 1. The second-order valence-electron chi connectivity index (χ2n) is 5.58. The molecule has 1 atom stereocenters. The third kappa shape index (κ3) is 6.06. The van der Waals surface area contributed by atoms with E-state index in [1.165, 1.54) is 18.4 Å². The molecule has 0 aliphatic carbocycles. The van der Waals surface area contributed by atoms with Crippen molar-refractivity contribution in [3.63, 3.8) is 0 Å². The van der Waals surface area contributed by atoms with Crippen molar-refractivity contribution in [3.8, 4) is 5.75 Å². The van der Waals surface area contributed by atoms with E-state index < -0.39 is 0 Å². The zero-order valence-electron chi connectivity index (χ0n) is 11.9. The Morgan fingerprint density at radius 1 is 1.11 bits per heavy atom. The maximum atomic E-state index is 9.28. The van der Waals surface area contributed by atoms with Crippen molar-refractivity contribution < 1.29 is 5.11 Å². The summed E-state index contributed by atoms with van der Waals surface area (Å²) in [5, 5.41) is 12.8. The van der Waals surface area contributed by atoms with Gasteiger partial charge in [-0.05, 0) is 55.5 Å². The molecule has 1 aromatic rings. The van der Waals surface area contributed by atoms with E-state index in [0.717, 1.165) is 19.5 Å². The molecular weight excluding hydrogens is 222 g/mol. The van der Waals surface area contributed by atoms with E-state index in [4.69, 9.17) is 0 Å². The topological polar surface area (TPSA) is 32.3 Å². The average molecular weight is 249 g/mol. The van der Waals surface area contributed by atoms with Crippen LogP contribution < -0.4 is 5.32 Å². The summed E-state index contributed by atoms with van der Waals surface area (Å²) in [5.41, 5.74) is 1.32. The minimum absolute atomic E-state index is 0.351. The number of hydrogen-bond donors (Lipinski definition) is 2. The molecule has 1 aromatic carbocycles. The van der Waals surface area contributed by atoms with E-state index in [-0.39, 0.29) is 0 Å². The Balaban J connectivity index is 2.43. The lowest BCUT2D eigenvalue weighted by Gasteiger charge is -2.18. The summed E-state index contributed by atoms with van der Waals surface area (Å²) in [5.74, 6) is 1.75. The van der Waals surface area contributed by atoms with Gasteiger partial charge in [0.15, 0.2) is 0 Å². The molecule has 2 N–H and O–H groups in total. The first-order chi connectivity index (χ1) is 8.61. The van der Waals surface area contributed by atoms with Gasteiger partial charge in [-0.1, -0.05) is 39.3 Å². The highest BCUT2D eigenvalue weighted by Gasteiger charge is 2.09. The van der Waals surface area contributed by atoms with Gasteiger partial charge in [0.05, 0.1) is 0 Å². The van der Waals surface area contributed by atoms with Gasteiger partial charge in [0.2, 0.25) is 0 Å². The van der Waals surface area contributed by atoms with E-state index in [9.17, 15) is 5.11 Å². The monoisotopic (exact) mass is 249 g/mol. The van der Waals surface area contributed by atoms with E-state index in [2.05, 4.69) is 26.1 Å². The molecule has 0 aromatic heterocycles. The molecule has 0 aliphatic heterocycles. The zero-order chi connectivity index (χ0) is 13.4. The Kier molecular flexibility index (Phi) is 6.81. The molecule has 0 saturated heterocycles. The predicted molar refractivity (Wildman–Crippen MR) is 77.9 cm³/mol. The predicted octanol–water partition coefficient (Wildman–Crippen LogP) is 3.60. The molecule has 1 unspecified atom stereocenters.